The number of nitrogens with zero attached hydrogens (tertiary/aromatic N) is 3. The first-order chi connectivity index (χ1) is 9.65. The van der Waals surface area contributed by atoms with E-state index in [0.29, 0.717) is 11.7 Å². The van der Waals surface area contributed by atoms with Gasteiger partial charge in [-0.15, -0.1) is 0 Å². The molecule has 0 unspecified atom stereocenters. The largest absolute Gasteiger partial charge is 0.379 e. The van der Waals surface area contributed by atoms with Gasteiger partial charge in [-0.2, -0.15) is 4.98 Å². The zero-order chi connectivity index (χ0) is 14.4. The Balaban J connectivity index is 1.87. The molecular formula is C14H20N4O2. The van der Waals surface area contributed by atoms with E-state index in [-0.39, 0.29) is 6.10 Å². The van der Waals surface area contributed by atoms with Crippen molar-refractivity contribution in [3.8, 4) is 11.5 Å². The summed E-state index contributed by atoms with van der Waals surface area (Å²) >= 11 is 0. The summed E-state index contributed by atoms with van der Waals surface area (Å²) < 4.78 is 10.6. The van der Waals surface area contributed by atoms with Crippen molar-refractivity contribution in [1.29, 1.82) is 0 Å². The Morgan fingerprint density at radius 2 is 2.25 bits per heavy atom. The van der Waals surface area contributed by atoms with Crippen LogP contribution in [0, 0.1) is 6.92 Å². The van der Waals surface area contributed by atoms with Crippen molar-refractivity contribution in [3.05, 3.63) is 24.2 Å². The van der Waals surface area contributed by atoms with Gasteiger partial charge in [0.1, 0.15) is 5.82 Å². The standard InChI is InChI=1S/C14H20N4O2/c1-10(2)19-8-4-6-15-13-9-12(5-7-16-13)14-17-11(3)18-20-14/h5,7,9-10H,4,6,8H2,1-3H3,(H,15,16). The molecule has 2 heterocycles. The SMILES string of the molecule is Cc1noc(-c2ccnc(NCCCOC(C)C)c2)n1. The summed E-state index contributed by atoms with van der Waals surface area (Å²) in [6, 6.07) is 3.75. The van der Waals surface area contributed by atoms with Crippen LogP contribution in [0.2, 0.25) is 0 Å². The van der Waals surface area contributed by atoms with E-state index >= 15 is 0 Å². The number of anilines is 1. The van der Waals surface area contributed by atoms with Crippen LogP contribution in [0.5, 0.6) is 0 Å². The maximum atomic E-state index is 5.48. The van der Waals surface area contributed by atoms with Crippen LogP contribution in [-0.2, 0) is 4.74 Å². The molecule has 2 rings (SSSR count). The van der Waals surface area contributed by atoms with Crippen LogP contribution in [0.25, 0.3) is 11.5 Å². The normalized spacial score (nSPS) is 11.0. The lowest BCUT2D eigenvalue weighted by molar-refractivity contribution is 0.0787. The van der Waals surface area contributed by atoms with Crippen LogP contribution in [-0.4, -0.2) is 34.4 Å². The van der Waals surface area contributed by atoms with Crippen molar-refractivity contribution in [2.24, 2.45) is 0 Å². The maximum Gasteiger partial charge on any atom is 0.258 e. The van der Waals surface area contributed by atoms with E-state index < -0.39 is 0 Å². The zero-order valence-electron chi connectivity index (χ0n) is 12.1. The van der Waals surface area contributed by atoms with Gasteiger partial charge in [-0.1, -0.05) is 5.16 Å². The summed E-state index contributed by atoms with van der Waals surface area (Å²) in [5.41, 5.74) is 0.863. The summed E-state index contributed by atoms with van der Waals surface area (Å²) in [5, 5.41) is 7.04. The molecule has 0 radical (unpaired) electrons. The van der Waals surface area contributed by atoms with E-state index in [2.05, 4.69) is 20.4 Å². The molecule has 0 saturated heterocycles. The Bertz CT molecular complexity index is 539. The highest BCUT2D eigenvalue weighted by Crippen LogP contribution is 2.18. The summed E-state index contributed by atoms with van der Waals surface area (Å²) in [6.45, 7) is 7.41. The number of nitrogens with one attached hydrogen (secondary N) is 1. The van der Waals surface area contributed by atoms with Crippen LogP contribution >= 0.6 is 0 Å². The van der Waals surface area contributed by atoms with Gasteiger partial charge < -0.3 is 14.6 Å². The molecule has 108 valence electrons. The van der Waals surface area contributed by atoms with Crippen molar-refractivity contribution < 1.29 is 9.26 Å². The molecule has 2 aromatic rings. The zero-order valence-corrected chi connectivity index (χ0v) is 12.1. The second-order valence-electron chi connectivity index (χ2n) is 4.78. The smallest absolute Gasteiger partial charge is 0.258 e. The van der Waals surface area contributed by atoms with Gasteiger partial charge in [0, 0.05) is 24.9 Å². The number of aryl methyl sites for hydroxylation is 1. The number of rotatable bonds is 7. The van der Waals surface area contributed by atoms with Crippen LogP contribution in [0.4, 0.5) is 5.82 Å². The summed E-state index contributed by atoms with van der Waals surface area (Å²) in [4.78, 5) is 8.46. The molecule has 0 aromatic carbocycles. The van der Waals surface area contributed by atoms with Gasteiger partial charge in [0.25, 0.3) is 5.89 Å². The van der Waals surface area contributed by atoms with Crippen LogP contribution in [0.1, 0.15) is 26.1 Å². The second kappa shape index (κ2) is 7.00. The first-order valence-electron chi connectivity index (χ1n) is 6.77. The molecule has 0 aliphatic heterocycles. The number of hydrogen-bond acceptors (Lipinski definition) is 6. The molecule has 6 nitrogen and oxygen atoms in total. The van der Waals surface area contributed by atoms with Crippen molar-refractivity contribution in [2.45, 2.75) is 33.3 Å². The molecule has 2 aromatic heterocycles. The van der Waals surface area contributed by atoms with Gasteiger partial charge >= 0.3 is 0 Å². The van der Waals surface area contributed by atoms with Crippen LogP contribution in [0.15, 0.2) is 22.9 Å². The minimum atomic E-state index is 0.275. The van der Waals surface area contributed by atoms with Gasteiger partial charge in [0.2, 0.25) is 0 Å². The molecule has 0 bridgehead atoms. The second-order valence-corrected chi connectivity index (χ2v) is 4.78. The molecule has 0 aliphatic rings. The van der Waals surface area contributed by atoms with Crippen molar-refractivity contribution in [1.82, 2.24) is 15.1 Å². The first-order valence-corrected chi connectivity index (χ1v) is 6.77. The fraction of sp³-hybridized carbons (Fsp3) is 0.500. The van der Waals surface area contributed by atoms with Crippen molar-refractivity contribution in [2.75, 3.05) is 18.5 Å². The van der Waals surface area contributed by atoms with E-state index in [9.17, 15) is 0 Å². The lowest BCUT2D eigenvalue weighted by Crippen LogP contribution is -2.09. The Morgan fingerprint density at radius 3 is 2.95 bits per heavy atom. The van der Waals surface area contributed by atoms with Gasteiger partial charge in [-0.05, 0) is 39.3 Å². The summed E-state index contributed by atoms with van der Waals surface area (Å²) in [6.07, 6.45) is 2.93. The highest BCUT2D eigenvalue weighted by molar-refractivity contribution is 5.57. The van der Waals surface area contributed by atoms with Crippen molar-refractivity contribution >= 4 is 5.82 Å². The fourth-order valence-corrected chi connectivity index (χ4v) is 1.68. The molecule has 0 spiro atoms. The Morgan fingerprint density at radius 1 is 1.40 bits per heavy atom. The lowest BCUT2D eigenvalue weighted by Gasteiger charge is -2.08. The third kappa shape index (κ3) is 4.31. The molecule has 6 heteroatoms. The molecule has 0 atom stereocenters. The molecular weight excluding hydrogens is 256 g/mol. The van der Waals surface area contributed by atoms with Crippen LogP contribution in [0.3, 0.4) is 0 Å². The lowest BCUT2D eigenvalue weighted by atomic mass is 10.2. The van der Waals surface area contributed by atoms with E-state index in [1.807, 2.05) is 26.0 Å². The van der Waals surface area contributed by atoms with E-state index in [1.165, 1.54) is 0 Å². The van der Waals surface area contributed by atoms with Gasteiger partial charge in [-0.25, -0.2) is 4.98 Å². The number of ether oxygens (including phenoxy) is 1. The summed E-state index contributed by atoms with van der Waals surface area (Å²) in [7, 11) is 0. The average Bonchev–Trinajstić information content (AvgIpc) is 2.85. The maximum absolute atomic E-state index is 5.48. The van der Waals surface area contributed by atoms with Crippen molar-refractivity contribution in [3.63, 3.8) is 0 Å². The molecule has 0 saturated carbocycles. The predicted octanol–water partition coefficient (Wildman–Crippen LogP) is 2.67. The Hall–Kier alpha value is -1.95. The minimum absolute atomic E-state index is 0.275. The number of hydrogen-bond donors (Lipinski definition) is 1. The van der Waals surface area contributed by atoms with Gasteiger partial charge in [0.05, 0.1) is 6.10 Å². The summed E-state index contributed by atoms with van der Waals surface area (Å²) in [5.74, 6) is 1.93. The third-order valence-electron chi connectivity index (χ3n) is 2.61. The monoisotopic (exact) mass is 276 g/mol. The third-order valence-corrected chi connectivity index (χ3v) is 2.61. The van der Waals surface area contributed by atoms with E-state index in [4.69, 9.17) is 9.26 Å². The molecule has 0 fully saturated rings. The number of aromatic nitrogens is 3. The minimum Gasteiger partial charge on any atom is -0.379 e. The number of pyridine rings is 1. The highest BCUT2D eigenvalue weighted by atomic mass is 16.5. The Kier molecular flexibility index (Phi) is 5.06. The molecule has 20 heavy (non-hydrogen) atoms. The van der Waals surface area contributed by atoms with Crippen LogP contribution < -0.4 is 5.32 Å². The average molecular weight is 276 g/mol. The van der Waals surface area contributed by atoms with E-state index in [0.717, 1.165) is 31.0 Å². The first kappa shape index (κ1) is 14.5. The predicted molar refractivity (Wildman–Crippen MR) is 76.5 cm³/mol. The molecule has 1 N–H and O–H groups in total. The van der Waals surface area contributed by atoms with E-state index in [1.54, 1.807) is 13.1 Å². The highest BCUT2D eigenvalue weighted by Gasteiger charge is 2.07. The quantitative estimate of drug-likeness (QED) is 0.784. The van der Waals surface area contributed by atoms with Gasteiger partial charge in [-0.3, -0.25) is 0 Å². The fourth-order valence-electron chi connectivity index (χ4n) is 1.68. The van der Waals surface area contributed by atoms with Gasteiger partial charge in [0.15, 0.2) is 5.82 Å². The topological polar surface area (TPSA) is 73.1 Å². The molecule has 0 amide bonds. The Labute approximate surface area is 118 Å². The molecule has 0 aliphatic carbocycles.